The first-order valence-corrected chi connectivity index (χ1v) is 15.5. The van der Waals surface area contributed by atoms with Gasteiger partial charge in [0.1, 0.15) is 18.1 Å². The lowest BCUT2D eigenvalue weighted by molar-refractivity contribution is -0.384. The number of rotatable bonds is 9. The molecule has 2 amide bonds. The van der Waals surface area contributed by atoms with Crippen LogP contribution in [0.25, 0.3) is 0 Å². The molecule has 0 radical (unpaired) electrons. The molecule has 5 heterocycles. The van der Waals surface area contributed by atoms with Crippen molar-refractivity contribution in [1.29, 1.82) is 0 Å². The number of nitro benzene ring substituents is 1. The van der Waals surface area contributed by atoms with Gasteiger partial charge in [0.2, 0.25) is 5.91 Å². The molecule has 6 rings (SSSR count). The maximum Gasteiger partial charge on any atom is 0.410 e. The van der Waals surface area contributed by atoms with E-state index in [1.54, 1.807) is 30.2 Å². The number of aliphatic hydroxyl groups excluding tert-OH is 1. The number of benzene rings is 1. The van der Waals surface area contributed by atoms with Gasteiger partial charge in [0, 0.05) is 60.5 Å². The second kappa shape index (κ2) is 11.8. The number of carboxylic acid groups (broad SMARTS) is 1. The van der Waals surface area contributed by atoms with E-state index in [-0.39, 0.29) is 41.1 Å². The van der Waals surface area contributed by atoms with Crippen LogP contribution in [-0.2, 0) is 27.5 Å². The van der Waals surface area contributed by atoms with Crippen molar-refractivity contribution in [2.75, 3.05) is 24.5 Å². The van der Waals surface area contributed by atoms with Gasteiger partial charge < -0.3 is 29.6 Å². The smallest absolute Gasteiger partial charge is 0.410 e. The number of hydrogen-bond donors (Lipinski definition) is 2. The number of anilines is 1. The third-order valence-corrected chi connectivity index (χ3v) is 10.5. The first-order valence-electron chi connectivity index (χ1n) is 14.6. The summed E-state index contributed by atoms with van der Waals surface area (Å²) in [5, 5.41) is 35.5. The number of carbonyl (C=O) groups is 3. The topological polar surface area (TPSA) is 172 Å². The second-order valence-corrected chi connectivity index (χ2v) is 13.1. The van der Waals surface area contributed by atoms with Crippen molar-refractivity contribution in [1.82, 2.24) is 19.6 Å². The summed E-state index contributed by atoms with van der Waals surface area (Å²) in [4.78, 5) is 54.9. The molecule has 1 aromatic heterocycles. The maximum atomic E-state index is 13.5. The van der Waals surface area contributed by atoms with Gasteiger partial charge in [-0.05, 0) is 37.5 Å². The molecular formula is C29H34N6O8S. The number of nitro groups is 1. The number of β-lactam (4-membered cyclic amide) rings is 1. The monoisotopic (exact) mass is 626 g/mol. The van der Waals surface area contributed by atoms with Crippen LogP contribution in [0, 0.1) is 22.0 Å². The highest BCUT2D eigenvalue weighted by atomic mass is 32.2. The number of aromatic nitrogens is 2. The Bertz CT molecular complexity index is 1510. The van der Waals surface area contributed by atoms with Crippen LogP contribution >= 0.6 is 11.8 Å². The van der Waals surface area contributed by atoms with Crippen molar-refractivity contribution < 1.29 is 34.3 Å². The molecule has 0 bridgehead atoms. The van der Waals surface area contributed by atoms with Crippen LogP contribution in [0.1, 0.15) is 32.3 Å². The standard InChI is InChI=1S/C29H34N6O8S/c1-16-24-23(17(2)36)27(37)34(24)25(28(38)39)26(16)44-21-12-20(13-31-10-3-11-33-22(31)8-9-30-33)32(14-21)29(40)43-15-18-4-6-19(7-5-18)35(41)42/h4-9,16-17,20-21,23-24,36H,3,10-15H2,1-2H3,(H,38,39)/t16-,17-,20+,21+,23-,24-/m1/s1. The van der Waals surface area contributed by atoms with Gasteiger partial charge in [0.15, 0.2) is 0 Å². The Labute approximate surface area is 257 Å². The highest BCUT2D eigenvalue weighted by Gasteiger charge is 2.60. The van der Waals surface area contributed by atoms with E-state index >= 15 is 0 Å². The van der Waals surface area contributed by atoms with Crippen molar-refractivity contribution in [3.05, 3.63) is 62.8 Å². The first-order chi connectivity index (χ1) is 21.0. The summed E-state index contributed by atoms with van der Waals surface area (Å²) in [6, 6.07) is 7.11. The zero-order chi connectivity index (χ0) is 31.3. The minimum Gasteiger partial charge on any atom is -0.477 e. The number of aliphatic carboxylic acids is 1. The molecule has 15 heteroatoms. The predicted molar refractivity (Wildman–Crippen MR) is 158 cm³/mol. The van der Waals surface area contributed by atoms with Crippen LogP contribution in [0.4, 0.5) is 16.3 Å². The summed E-state index contributed by atoms with van der Waals surface area (Å²) < 4.78 is 7.61. The van der Waals surface area contributed by atoms with Gasteiger partial charge in [-0.15, -0.1) is 11.8 Å². The fourth-order valence-electron chi connectivity index (χ4n) is 6.89. The van der Waals surface area contributed by atoms with E-state index in [1.807, 2.05) is 17.7 Å². The van der Waals surface area contributed by atoms with E-state index in [9.17, 15) is 34.7 Å². The quantitative estimate of drug-likeness (QED) is 0.238. The van der Waals surface area contributed by atoms with Gasteiger partial charge in [-0.2, -0.15) is 5.10 Å². The molecule has 0 spiro atoms. The van der Waals surface area contributed by atoms with E-state index < -0.39 is 35.0 Å². The second-order valence-electron chi connectivity index (χ2n) is 11.7. The lowest BCUT2D eigenvalue weighted by atomic mass is 9.79. The molecule has 2 saturated heterocycles. The van der Waals surface area contributed by atoms with Crippen molar-refractivity contribution in [3.8, 4) is 0 Å². The van der Waals surface area contributed by atoms with Gasteiger partial charge >= 0.3 is 12.1 Å². The van der Waals surface area contributed by atoms with Crippen molar-refractivity contribution in [3.63, 3.8) is 0 Å². The Morgan fingerprint density at radius 2 is 1.98 bits per heavy atom. The van der Waals surface area contributed by atoms with Crippen LogP contribution in [0.15, 0.2) is 47.1 Å². The largest absolute Gasteiger partial charge is 0.477 e. The highest BCUT2D eigenvalue weighted by Crippen LogP contribution is 2.52. The summed E-state index contributed by atoms with van der Waals surface area (Å²) >= 11 is 1.39. The van der Waals surface area contributed by atoms with Crippen molar-refractivity contribution >= 4 is 41.2 Å². The number of likely N-dealkylation sites (tertiary alicyclic amines) is 1. The fraction of sp³-hybridized carbons (Fsp3) is 0.517. The lowest BCUT2D eigenvalue weighted by Gasteiger charge is -2.46. The number of hydrogen-bond acceptors (Lipinski definition) is 10. The number of thioether (sulfide) groups is 1. The molecule has 4 aliphatic rings. The number of aryl methyl sites for hydroxylation is 1. The van der Waals surface area contributed by atoms with Crippen LogP contribution < -0.4 is 4.90 Å². The summed E-state index contributed by atoms with van der Waals surface area (Å²) in [6.07, 6.45) is 1.82. The van der Waals surface area contributed by atoms with Gasteiger partial charge in [0.05, 0.1) is 35.2 Å². The molecule has 234 valence electrons. The molecular weight excluding hydrogens is 592 g/mol. The third kappa shape index (κ3) is 5.27. The molecule has 14 nitrogen and oxygen atoms in total. The van der Waals surface area contributed by atoms with E-state index in [0.29, 0.717) is 30.0 Å². The van der Waals surface area contributed by atoms with E-state index in [1.165, 1.54) is 28.8 Å². The Balaban J connectivity index is 1.21. The van der Waals surface area contributed by atoms with Crippen molar-refractivity contribution in [2.45, 2.75) is 63.3 Å². The molecule has 0 aliphatic carbocycles. The lowest BCUT2D eigenvalue weighted by Crippen LogP contribution is -2.63. The minimum absolute atomic E-state index is 0.0370. The number of fused-ring (bicyclic) bond motifs is 2. The number of non-ortho nitro benzene ring substituents is 1. The maximum absolute atomic E-state index is 13.5. The molecule has 2 aromatic rings. The first kappa shape index (κ1) is 29.9. The zero-order valence-electron chi connectivity index (χ0n) is 24.3. The molecule has 44 heavy (non-hydrogen) atoms. The number of ether oxygens (including phenoxy) is 1. The fourth-order valence-corrected chi connectivity index (χ4v) is 8.45. The summed E-state index contributed by atoms with van der Waals surface area (Å²) in [5.41, 5.74) is 0.524. The normalized spacial score (nSPS) is 26.8. The Morgan fingerprint density at radius 1 is 1.23 bits per heavy atom. The third-order valence-electron chi connectivity index (χ3n) is 8.97. The average molecular weight is 627 g/mol. The Morgan fingerprint density at radius 3 is 2.66 bits per heavy atom. The number of carboxylic acids is 1. The Hall–Kier alpha value is -4.11. The highest BCUT2D eigenvalue weighted by molar-refractivity contribution is 8.03. The summed E-state index contributed by atoms with van der Waals surface area (Å²) in [7, 11) is 0. The van der Waals surface area contributed by atoms with Crippen LogP contribution in [0.5, 0.6) is 0 Å². The molecule has 1 aromatic carbocycles. The summed E-state index contributed by atoms with van der Waals surface area (Å²) in [6.45, 7) is 5.84. The van der Waals surface area contributed by atoms with Crippen LogP contribution in [0.2, 0.25) is 0 Å². The SMILES string of the molecule is C[C@@H](O)[C@H]1C(=O)N2C(C(=O)O)=C(S[C@H]3C[C@@H](CN4CCCn5nccc54)N(C(=O)OCc4ccc([N+](=O)[O-])cc4)C3)[C@H](C)[C@H]12. The van der Waals surface area contributed by atoms with Gasteiger partial charge in [-0.25, -0.2) is 14.3 Å². The van der Waals surface area contributed by atoms with Gasteiger partial charge in [-0.3, -0.25) is 14.9 Å². The zero-order valence-corrected chi connectivity index (χ0v) is 25.1. The van der Waals surface area contributed by atoms with E-state index in [4.69, 9.17) is 4.74 Å². The van der Waals surface area contributed by atoms with E-state index in [0.717, 1.165) is 25.3 Å². The van der Waals surface area contributed by atoms with Gasteiger partial charge in [-0.1, -0.05) is 6.92 Å². The van der Waals surface area contributed by atoms with Crippen LogP contribution in [-0.4, -0.2) is 95.8 Å². The Kier molecular flexibility index (Phi) is 8.01. The number of carbonyl (C=O) groups excluding carboxylic acids is 2. The van der Waals surface area contributed by atoms with Crippen molar-refractivity contribution in [2.24, 2.45) is 11.8 Å². The number of nitrogens with zero attached hydrogens (tertiary/aromatic N) is 6. The summed E-state index contributed by atoms with van der Waals surface area (Å²) in [5.74, 6) is -1.52. The number of aliphatic hydroxyl groups is 1. The molecule has 0 saturated carbocycles. The van der Waals surface area contributed by atoms with Crippen LogP contribution in [0.3, 0.4) is 0 Å². The average Bonchev–Trinajstić information content (AvgIpc) is 3.68. The predicted octanol–water partition coefficient (Wildman–Crippen LogP) is 2.67. The number of amides is 2. The molecule has 2 fully saturated rings. The molecule has 2 N–H and O–H groups in total. The minimum atomic E-state index is -1.19. The molecule has 4 aliphatic heterocycles. The van der Waals surface area contributed by atoms with E-state index in [2.05, 4.69) is 10.00 Å². The van der Waals surface area contributed by atoms with Gasteiger partial charge in [0.25, 0.3) is 5.69 Å². The molecule has 6 atom stereocenters. The molecule has 0 unspecified atom stereocenters.